The summed E-state index contributed by atoms with van der Waals surface area (Å²) in [7, 11) is 0. The number of hydrogen-bond acceptors (Lipinski definition) is 3. The molecule has 4 aromatic carbocycles. The van der Waals surface area contributed by atoms with Gasteiger partial charge in [0.05, 0.1) is 11.7 Å². The number of nitrogens with one attached hydrogen (secondary N) is 1. The van der Waals surface area contributed by atoms with E-state index in [0.717, 1.165) is 33.5 Å². The maximum atomic E-state index is 6.29. The summed E-state index contributed by atoms with van der Waals surface area (Å²) in [6.45, 7) is 0.471. The van der Waals surface area contributed by atoms with Crippen molar-refractivity contribution in [2.24, 2.45) is 10.9 Å². The van der Waals surface area contributed by atoms with Crippen LogP contribution in [0.2, 0.25) is 5.02 Å². The number of nitrogens with zero attached hydrogens (tertiary/aromatic N) is 1. The van der Waals surface area contributed by atoms with E-state index in [4.69, 9.17) is 21.3 Å². The number of rotatable bonds is 6. The van der Waals surface area contributed by atoms with Gasteiger partial charge in [-0.3, -0.25) is 4.99 Å². The van der Waals surface area contributed by atoms with E-state index in [9.17, 15) is 0 Å². The molecule has 1 aliphatic heterocycles. The Morgan fingerprint density at radius 3 is 2.62 bits per heavy atom. The molecule has 0 bridgehead atoms. The third kappa shape index (κ3) is 5.22. The van der Waals surface area contributed by atoms with Gasteiger partial charge in [0.15, 0.2) is 0 Å². The molecule has 1 N–H and O–H groups in total. The van der Waals surface area contributed by atoms with Gasteiger partial charge in [0.1, 0.15) is 12.4 Å². The van der Waals surface area contributed by atoms with Gasteiger partial charge in [-0.1, -0.05) is 82.1 Å². The molecular weight excluding hydrogens is 544 g/mol. The molecule has 0 saturated carbocycles. The largest absolute Gasteiger partial charge is 0.488 e. The Morgan fingerprint density at radius 1 is 0.973 bits per heavy atom. The van der Waals surface area contributed by atoms with Crippen LogP contribution in [0.1, 0.15) is 40.6 Å². The second kappa shape index (κ2) is 10.6. The molecule has 0 spiro atoms. The molecular formula is C32H26BrClN2O. The summed E-state index contributed by atoms with van der Waals surface area (Å²) in [5, 5.41) is 4.44. The molecule has 0 saturated heterocycles. The minimum absolute atomic E-state index is 0.277. The van der Waals surface area contributed by atoms with Crippen molar-refractivity contribution in [3.05, 3.63) is 135 Å². The third-order valence-corrected chi connectivity index (χ3v) is 7.92. The van der Waals surface area contributed by atoms with Crippen molar-refractivity contribution in [3.63, 3.8) is 0 Å². The van der Waals surface area contributed by atoms with Gasteiger partial charge in [0.2, 0.25) is 0 Å². The monoisotopic (exact) mass is 568 g/mol. The molecule has 37 heavy (non-hydrogen) atoms. The molecule has 0 amide bonds. The Balaban J connectivity index is 1.18. The van der Waals surface area contributed by atoms with Crippen molar-refractivity contribution in [2.45, 2.75) is 25.0 Å². The Morgan fingerprint density at radius 2 is 1.78 bits per heavy atom. The number of ether oxygens (including phenoxy) is 1. The van der Waals surface area contributed by atoms with Gasteiger partial charge in [0, 0.05) is 32.9 Å². The molecule has 2 aliphatic rings. The van der Waals surface area contributed by atoms with E-state index in [-0.39, 0.29) is 6.04 Å². The molecule has 6 rings (SSSR count). The molecule has 3 nitrogen and oxygen atoms in total. The standard InChI is InChI=1S/C32H26BrClN2O/c33-24-12-8-21(9-13-24)20-37-31-17-14-25(34)18-23(31)19-35-26-15-10-22(11-16-26)32-29-6-3-5-27(29)28-4-1-2-7-30(28)36-32/h1-5,7-19,27,29,32,36H,6,20H2/t27-,29+,32+/m1/s1. The summed E-state index contributed by atoms with van der Waals surface area (Å²) in [6, 6.07) is 31.2. The highest BCUT2D eigenvalue weighted by Gasteiger charge is 2.37. The van der Waals surface area contributed by atoms with Gasteiger partial charge < -0.3 is 10.1 Å². The molecule has 5 heteroatoms. The highest BCUT2D eigenvalue weighted by molar-refractivity contribution is 9.10. The number of anilines is 1. The summed E-state index contributed by atoms with van der Waals surface area (Å²) in [5.74, 6) is 1.75. The third-order valence-electron chi connectivity index (χ3n) is 7.16. The van der Waals surface area contributed by atoms with Crippen molar-refractivity contribution >= 4 is 45.1 Å². The Labute approximate surface area is 231 Å². The lowest BCUT2D eigenvalue weighted by Crippen LogP contribution is -2.28. The van der Waals surface area contributed by atoms with Crippen LogP contribution in [-0.4, -0.2) is 6.21 Å². The fourth-order valence-electron chi connectivity index (χ4n) is 5.28. The lowest BCUT2D eigenvalue weighted by Gasteiger charge is -2.37. The van der Waals surface area contributed by atoms with Crippen LogP contribution in [0.4, 0.5) is 11.4 Å². The number of para-hydroxylation sites is 1. The Bertz CT molecular complexity index is 1460. The first-order valence-electron chi connectivity index (χ1n) is 12.5. The zero-order valence-corrected chi connectivity index (χ0v) is 22.5. The highest BCUT2D eigenvalue weighted by atomic mass is 79.9. The first kappa shape index (κ1) is 24.0. The fourth-order valence-corrected chi connectivity index (χ4v) is 5.72. The van der Waals surface area contributed by atoms with Gasteiger partial charge in [-0.25, -0.2) is 0 Å². The second-order valence-electron chi connectivity index (χ2n) is 9.51. The topological polar surface area (TPSA) is 33.6 Å². The molecule has 0 unspecified atom stereocenters. The van der Waals surface area contributed by atoms with Crippen molar-refractivity contribution in [1.82, 2.24) is 0 Å². The minimum atomic E-state index is 0.277. The molecule has 184 valence electrons. The molecule has 3 atom stereocenters. The molecule has 0 radical (unpaired) electrons. The van der Waals surface area contributed by atoms with Crippen LogP contribution in [-0.2, 0) is 6.61 Å². The van der Waals surface area contributed by atoms with Crippen LogP contribution in [0, 0.1) is 5.92 Å². The van der Waals surface area contributed by atoms with Crippen molar-refractivity contribution < 1.29 is 4.74 Å². The summed E-state index contributed by atoms with van der Waals surface area (Å²) >= 11 is 9.76. The van der Waals surface area contributed by atoms with Crippen LogP contribution >= 0.6 is 27.5 Å². The van der Waals surface area contributed by atoms with E-state index in [2.05, 4.69) is 81.9 Å². The van der Waals surface area contributed by atoms with E-state index < -0.39 is 0 Å². The molecule has 0 fully saturated rings. The quantitative estimate of drug-likeness (QED) is 0.185. The highest BCUT2D eigenvalue weighted by Crippen LogP contribution is 2.49. The van der Waals surface area contributed by atoms with Crippen molar-refractivity contribution in [3.8, 4) is 5.75 Å². The van der Waals surface area contributed by atoms with Crippen LogP contribution in [0.5, 0.6) is 5.75 Å². The van der Waals surface area contributed by atoms with Crippen molar-refractivity contribution in [2.75, 3.05) is 5.32 Å². The summed E-state index contributed by atoms with van der Waals surface area (Å²) in [6.07, 6.45) is 7.61. The van der Waals surface area contributed by atoms with Gasteiger partial charge in [-0.15, -0.1) is 0 Å². The normalized spacial score (nSPS) is 19.9. The lowest BCUT2D eigenvalue weighted by molar-refractivity contribution is 0.306. The zero-order chi connectivity index (χ0) is 25.2. The van der Waals surface area contributed by atoms with Crippen LogP contribution < -0.4 is 10.1 Å². The minimum Gasteiger partial charge on any atom is -0.488 e. The fraction of sp³-hybridized carbons (Fsp3) is 0.156. The maximum absolute atomic E-state index is 6.29. The number of hydrogen-bond donors (Lipinski definition) is 1. The Hall–Kier alpha value is -3.34. The average Bonchev–Trinajstić information content (AvgIpc) is 3.43. The van der Waals surface area contributed by atoms with Gasteiger partial charge in [-0.2, -0.15) is 0 Å². The molecule has 1 heterocycles. The van der Waals surface area contributed by atoms with Gasteiger partial charge in [-0.05, 0) is 77.6 Å². The predicted octanol–water partition coefficient (Wildman–Crippen LogP) is 9.26. The molecule has 1 aliphatic carbocycles. The number of fused-ring (bicyclic) bond motifs is 3. The summed E-state index contributed by atoms with van der Waals surface area (Å²) in [4.78, 5) is 4.73. The van der Waals surface area contributed by atoms with Crippen LogP contribution in [0.3, 0.4) is 0 Å². The van der Waals surface area contributed by atoms with Gasteiger partial charge >= 0.3 is 0 Å². The summed E-state index contributed by atoms with van der Waals surface area (Å²) in [5.41, 5.74) is 6.75. The number of halogens is 2. The number of allylic oxidation sites excluding steroid dienone is 2. The van der Waals surface area contributed by atoms with E-state index >= 15 is 0 Å². The van der Waals surface area contributed by atoms with Crippen molar-refractivity contribution in [1.29, 1.82) is 0 Å². The van der Waals surface area contributed by atoms with E-state index in [0.29, 0.717) is 23.5 Å². The van der Waals surface area contributed by atoms with Gasteiger partial charge in [0.25, 0.3) is 0 Å². The first-order valence-corrected chi connectivity index (χ1v) is 13.6. The Kier molecular flexibility index (Phi) is 6.86. The van der Waals surface area contributed by atoms with Crippen LogP contribution in [0.15, 0.2) is 113 Å². The summed E-state index contributed by atoms with van der Waals surface area (Å²) < 4.78 is 7.14. The SMILES string of the molecule is Clc1ccc(OCc2ccc(Br)cc2)c(C=Nc2ccc([C@@H]3Nc4ccccc4[C@H]4C=CC[C@@H]43)cc2)c1. The van der Waals surface area contributed by atoms with Crippen LogP contribution in [0.25, 0.3) is 0 Å². The van der Waals surface area contributed by atoms with E-state index in [1.165, 1.54) is 16.8 Å². The van der Waals surface area contributed by atoms with E-state index in [1.54, 1.807) is 0 Å². The predicted molar refractivity (Wildman–Crippen MR) is 156 cm³/mol. The maximum Gasteiger partial charge on any atom is 0.128 e. The average molecular weight is 570 g/mol. The molecule has 0 aromatic heterocycles. The molecule has 4 aromatic rings. The second-order valence-corrected chi connectivity index (χ2v) is 10.9. The zero-order valence-electron chi connectivity index (χ0n) is 20.1. The number of benzene rings is 4. The smallest absolute Gasteiger partial charge is 0.128 e. The van der Waals surface area contributed by atoms with E-state index in [1.807, 2.05) is 48.7 Å². The number of aliphatic imine (C=N–C) groups is 1. The first-order chi connectivity index (χ1) is 18.1. The lowest BCUT2D eigenvalue weighted by atomic mass is 9.77.